The molecule has 0 bridgehead atoms. The number of nitrogens with zero attached hydrogens (tertiary/aromatic N) is 2. The standard InChI is InChI=1S/C18H21F2N5O2S/c1-10(2)28(26,27)22-9-12-5-11(8-21-24-12)18-23-16-6-14(19)15(20)7-17(16)25(18)13-3-4-13/h5-8,10,13,21-22,24H,3-4,9H2,1-2H3/p+1. The molecule has 2 aliphatic rings. The second kappa shape index (κ2) is 6.94. The smallest absolute Gasteiger partial charge is 0.214 e. The van der Waals surface area contributed by atoms with E-state index in [1.165, 1.54) is 6.07 Å². The van der Waals surface area contributed by atoms with Gasteiger partial charge in [-0.1, -0.05) is 0 Å². The number of benzene rings is 1. The van der Waals surface area contributed by atoms with Crippen molar-refractivity contribution < 1.29 is 22.6 Å². The molecule has 1 aromatic heterocycles. The molecule has 4 N–H and O–H groups in total. The van der Waals surface area contributed by atoms with E-state index < -0.39 is 26.9 Å². The van der Waals surface area contributed by atoms with Crippen molar-refractivity contribution in [1.82, 2.24) is 19.7 Å². The summed E-state index contributed by atoms with van der Waals surface area (Å²) in [7, 11) is -3.39. The SMILES string of the molecule is CC(C)S(=O)(=O)NCC1=CC(c2nc3cc(F)c(F)cc3n2C2CC2)=C[NH2+]N1. The summed E-state index contributed by atoms with van der Waals surface area (Å²) in [5.74, 6) is -1.21. The minimum atomic E-state index is -3.39. The monoisotopic (exact) mass is 410 g/mol. The van der Waals surface area contributed by atoms with Crippen molar-refractivity contribution in [3.05, 3.63) is 47.6 Å². The molecule has 1 saturated carbocycles. The second-order valence-corrected chi connectivity index (χ2v) is 9.63. The van der Waals surface area contributed by atoms with Gasteiger partial charge in [-0.15, -0.1) is 0 Å². The molecule has 7 nitrogen and oxygen atoms in total. The van der Waals surface area contributed by atoms with Gasteiger partial charge < -0.3 is 4.57 Å². The molecule has 0 radical (unpaired) electrons. The largest absolute Gasteiger partial charge is 0.321 e. The maximum absolute atomic E-state index is 13.8. The Morgan fingerprint density at radius 2 is 2.04 bits per heavy atom. The zero-order valence-electron chi connectivity index (χ0n) is 15.5. The van der Waals surface area contributed by atoms with Crippen LogP contribution < -0.4 is 15.6 Å². The molecule has 1 fully saturated rings. The van der Waals surface area contributed by atoms with Crippen LogP contribution in [0.3, 0.4) is 0 Å². The lowest BCUT2D eigenvalue weighted by Crippen LogP contribution is -2.88. The van der Waals surface area contributed by atoms with Gasteiger partial charge >= 0.3 is 0 Å². The van der Waals surface area contributed by atoms with Crippen LogP contribution >= 0.6 is 0 Å². The van der Waals surface area contributed by atoms with Gasteiger partial charge in [0.2, 0.25) is 10.0 Å². The topological polar surface area (TPSA) is 92.6 Å². The van der Waals surface area contributed by atoms with Crippen molar-refractivity contribution >= 4 is 26.6 Å². The first-order chi connectivity index (χ1) is 13.3. The zero-order valence-corrected chi connectivity index (χ0v) is 16.4. The molecule has 0 unspecified atom stereocenters. The van der Waals surface area contributed by atoms with E-state index >= 15 is 0 Å². The number of nitrogens with one attached hydrogen (secondary N) is 2. The Kier molecular flexibility index (Phi) is 4.72. The molecule has 10 heteroatoms. The number of hydrogen-bond donors (Lipinski definition) is 3. The third-order valence-electron chi connectivity index (χ3n) is 4.85. The maximum atomic E-state index is 13.8. The molecule has 0 spiro atoms. The minimum absolute atomic E-state index is 0.112. The van der Waals surface area contributed by atoms with Crippen molar-refractivity contribution in [1.29, 1.82) is 0 Å². The Hall–Kier alpha value is -2.30. The van der Waals surface area contributed by atoms with E-state index in [1.807, 2.05) is 10.8 Å². The Labute approximate surface area is 161 Å². The molecule has 150 valence electrons. The predicted molar refractivity (Wildman–Crippen MR) is 101 cm³/mol. The van der Waals surface area contributed by atoms with Crippen molar-refractivity contribution in [2.24, 2.45) is 0 Å². The van der Waals surface area contributed by atoms with E-state index in [4.69, 9.17) is 0 Å². The normalized spacial score (nSPS) is 17.6. The summed E-state index contributed by atoms with van der Waals surface area (Å²) in [5.41, 5.74) is 7.10. The van der Waals surface area contributed by atoms with Gasteiger partial charge in [0.15, 0.2) is 11.6 Å². The average Bonchev–Trinajstić information content (AvgIpc) is 3.42. The summed E-state index contributed by atoms with van der Waals surface area (Å²) in [4.78, 5) is 4.53. The molecule has 2 aromatic rings. The van der Waals surface area contributed by atoms with Gasteiger partial charge in [-0.05, 0) is 32.8 Å². The van der Waals surface area contributed by atoms with Crippen LogP contribution in [0.1, 0.15) is 38.6 Å². The van der Waals surface area contributed by atoms with E-state index in [-0.39, 0.29) is 12.6 Å². The highest BCUT2D eigenvalue weighted by molar-refractivity contribution is 7.90. The van der Waals surface area contributed by atoms with Gasteiger partial charge in [0.25, 0.3) is 0 Å². The van der Waals surface area contributed by atoms with Crippen molar-refractivity contribution in [3.63, 3.8) is 0 Å². The van der Waals surface area contributed by atoms with E-state index in [1.54, 1.807) is 25.3 Å². The highest BCUT2D eigenvalue weighted by Gasteiger charge is 2.30. The summed E-state index contributed by atoms with van der Waals surface area (Å²) < 4.78 is 55.9. The number of allylic oxidation sites excluding steroid dienone is 2. The van der Waals surface area contributed by atoms with Crippen molar-refractivity contribution in [2.75, 3.05) is 6.54 Å². The van der Waals surface area contributed by atoms with Gasteiger partial charge in [-0.3, -0.25) is 0 Å². The summed E-state index contributed by atoms with van der Waals surface area (Å²) in [6.07, 6.45) is 5.53. The van der Waals surface area contributed by atoms with Gasteiger partial charge in [0.1, 0.15) is 12.0 Å². The number of quaternary nitrogens is 1. The molecule has 1 aliphatic heterocycles. The summed E-state index contributed by atoms with van der Waals surface area (Å²) in [5, 5.41) is -0.528. The van der Waals surface area contributed by atoms with Crippen LogP contribution in [-0.4, -0.2) is 29.8 Å². The molecule has 1 aromatic carbocycles. The van der Waals surface area contributed by atoms with Crippen LogP contribution in [0.2, 0.25) is 0 Å². The van der Waals surface area contributed by atoms with Gasteiger partial charge in [0, 0.05) is 18.2 Å². The third-order valence-corrected chi connectivity index (χ3v) is 6.64. The van der Waals surface area contributed by atoms with Crippen molar-refractivity contribution in [3.8, 4) is 0 Å². The van der Waals surface area contributed by atoms with Gasteiger partial charge in [-0.2, -0.15) is 0 Å². The van der Waals surface area contributed by atoms with Crippen molar-refractivity contribution in [2.45, 2.75) is 38.0 Å². The number of imidazole rings is 1. The summed E-state index contributed by atoms with van der Waals surface area (Å²) in [6, 6.07) is 2.50. The molecule has 1 aliphatic carbocycles. The molecule has 4 rings (SSSR count). The first-order valence-corrected chi connectivity index (χ1v) is 10.7. The fourth-order valence-electron chi connectivity index (χ4n) is 3.10. The molecule has 2 heterocycles. The maximum Gasteiger partial charge on any atom is 0.214 e. The van der Waals surface area contributed by atoms with Crippen LogP contribution in [0.4, 0.5) is 8.78 Å². The van der Waals surface area contributed by atoms with E-state index in [9.17, 15) is 17.2 Å². The highest BCUT2D eigenvalue weighted by atomic mass is 32.2. The Morgan fingerprint density at radius 3 is 2.71 bits per heavy atom. The zero-order chi connectivity index (χ0) is 20.1. The molecular formula is C18H22F2N5O2S+. The van der Waals surface area contributed by atoms with Gasteiger partial charge in [-0.25, -0.2) is 37.8 Å². The molecule has 0 saturated heterocycles. The van der Waals surface area contributed by atoms with Crippen LogP contribution in [0, 0.1) is 11.6 Å². The fraction of sp³-hybridized carbons (Fsp3) is 0.389. The number of rotatable bonds is 6. The molecule has 28 heavy (non-hydrogen) atoms. The van der Waals surface area contributed by atoms with Crippen LogP contribution in [0.5, 0.6) is 0 Å². The first kappa shape index (κ1) is 19.0. The average molecular weight is 410 g/mol. The number of aromatic nitrogens is 2. The quantitative estimate of drug-likeness (QED) is 0.626. The first-order valence-electron chi connectivity index (χ1n) is 9.12. The number of halogens is 2. The van der Waals surface area contributed by atoms with Gasteiger partial charge in [0.05, 0.1) is 34.1 Å². The van der Waals surface area contributed by atoms with E-state index in [0.29, 0.717) is 22.6 Å². The van der Waals surface area contributed by atoms with E-state index in [0.717, 1.165) is 24.5 Å². The predicted octanol–water partition coefficient (Wildman–Crippen LogP) is 1.28. The third kappa shape index (κ3) is 3.54. The molecular weight excluding hydrogens is 388 g/mol. The Balaban J connectivity index is 1.69. The molecule has 0 atom stereocenters. The van der Waals surface area contributed by atoms with Crippen LogP contribution in [0.15, 0.2) is 30.1 Å². The highest BCUT2D eigenvalue weighted by Crippen LogP contribution is 2.40. The molecule has 0 amide bonds. The number of sulfonamides is 1. The second-order valence-electron chi connectivity index (χ2n) is 7.31. The lowest BCUT2D eigenvalue weighted by molar-refractivity contribution is -0.642. The Bertz CT molecular complexity index is 1100. The van der Waals surface area contributed by atoms with Crippen LogP contribution in [0.25, 0.3) is 16.6 Å². The lowest BCUT2D eigenvalue weighted by Gasteiger charge is -2.16. The Morgan fingerprint density at radius 1 is 1.32 bits per heavy atom. The van der Waals surface area contributed by atoms with Crippen LogP contribution in [-0.2, 0) is 10.0 Å². The van der Waals surface area contributed by atoms with E-state index in [2.05, 4.69) is 15.1 Å². The number of nitrogens with two attached hydrogens (primary N) is 1. The minimum Gasteiger partial charge on any atom is -0.321 e. The number of fused-ring (bicyclic) bond motifs is 1. The fourth-order valence-corrected chi connectivity index (χ4v) is 3.79. The summed E-state index contributed by atoms with van der Waals surface area (Å²) in [6.45, 7) is 3.33. The number of hydrogen-bond acceptors (Lipinski definition) is 4. The lowest BCUT2D eigenvalue weighted by atomic mass is 10.2. The summed E-state index contributed by atoms with van der Waals surface area (Å²) >= 11 is 0.